The minimum Gasteiger partial charge on any atom is -0.396 e. The average molecular weight is 201 g/mol. The number of rotatable bonds is 6. The summed E-state index contributed by atoms with van der Waals surface area (Å²) < 4.78 is 0. The molecule has 0 heterocycles. The van der Waals surface area contributed by atoms with E-state index >= 15 is 0 Å². The minimum atomic E-state index is 0.0524. The maximum Gasteiger partial charge on any atom is 0.220 e. The highest BCUT2D eigenvalue weighted by atomic mass is 16.3. The molecule has 0 aliphatic carbocycles. The van der Waals surface area contributed by atoms with Crippen molar-refractivity contribution >= 4 is 5.91 Å². The highest BCUT2D eigenvalue weighted by Crippen LogP contribution is 2.07. The third-order valence-electron chi connectivity index (χ3n) is 2.76. The van der Waals surface area contributed by atoms with Gasteiger partial charge in [0.15, 0.2) is 0 Å². The van der Waals surface area contributed by atoms with Gasteiger partial charge in [-0.05, 0) is 18.8 Å². The summed E-state index contributed by atoms with van der Waals surface area (Å²) in [6.45, 7) is 8.12. The van der Waals surface area contributed by atoms with Gasteiger partial charge in [0.25, 0.3) is 0 Å². The van der Waals surface area contributed by atoms with Crippen LogP contribution in [0.4, 0.5) is 0 Å². The van der Waals surface area contributed by atoms with Crippen molar-refractivity contribution in [2.75, 3.05) is 6.61 Å². The standard InChI is InChI=1S/C11H23NO2/c1-5-8(2)6-11(14)12-10(4)9(3)7-13/h8-10,13H,5-7H2,1-4H3,(H,12,14). The van der Waals surface area contributed by atoms with Gasteiger partial charge in [-0.1, -0.05) is 27.2 Å². The normalized spacial score (nSPS) is 17.2. The summed E-state index contributed by atoms with van der Waals surface area (Å²) in [5, 5.41) is 11.8. The van der Waals surface area contributed by atoms with Crippen molar-refractivity contribution in [3.05, 3.63) is 0 Å². The first-order valence-corrected chi connectivity index (χ1v) is 5.41. The van der Waals surface area contributed by atoms with Crippen molar-refractivity contribution < 1.29 is 9.90 Å². The van der Waals surface area contributed by atoms with Crippen LogP contribution < -0.4 is 5.32 Å². The van der Waals surface area contributed by atoms with E-state index in [1.165, 1.54) is 0 Å². The largest absolute Gasteiger partial charge is 0.396 e. The highest BCUT2D eigenvalue weighted by molar-refractivity contribution is 5.76. The van der Waals surface area contributed by atoms with Crippen LogP contribution in [0.1, 0.15) is 40.5 Å². The third kappa shape index (κ3) is 5.22. The summed E-state index contributed by atoms with van der Waals surface area (Å²) in [4.78, 5) is 11.5. The lowest BCUT2D eigenvalue weighted by Crippen LogP contribution is -2.38. The zero-order chi connectivity index (χ0) is 11.1. The first-order valence-electron chi connectivity index (χ1n) is 5.41. The maximum absolute atomic E-state index is 11.5. The molecule has 14 heavy (non-hydrogen) atoms. The molecule has 0 fully saturated rings. The summed E-state index contributed by atoms with van der Waals surface area (Å²) in [6, 6.07) is 0.0524. The van der Waals surface area contributed by atoms with E-state index in [2.05, 4.69) is 19.2 Å². The van der Waals surface area contributed by atoms with E-state index in [4.69, 9.17) is 5.11 Å². The Hall–Kier alpha value is -0.570. The second-order valence-corrected chi connectivity index (χ2v) is 4.23. The van der Waals surface area contributed by atoms with Gasteiger partial charge >= 0.3 is 0 Å². The zero-order valence-electron chi connectivity index (χ0n) is 9.71. The van der Waals surface area contributed by atoms with E-state index in [9.17, 15) is 4.79 Å². The number of carbonyl (C=O) groups excluding carboxylic acids is 1. The van der Waals surface area contributed by atoms with Crippen molar-refractivity contribution in [3.63, 3.8) is 0 Å². The lowest BCUT2D eigenvalue weighted by molar-refractivity contribution is -0.122. The molecule has 84 valence electrons. The fourth-order valence-electron chi connectivity index (χ4n) is 1.07. The molecule has 0 saturated carbocycles. The smallest absolute Gasteiger partial charge is 0.220 e. The second-order valence-electron chi connectivity index (χ2n) is 4.23. The molecular formula is C11H23NO2. The molecular weight excluding hydrogens is 178 g/mol. The number of hydrogen-bond donors (Lipinski definition) is 2. The van der Waals surface area contributed by atoms with Crippen LogP contribution in [0.25, 0.3) is 0 Å². The summed E-state index contributed by atoms with van der Waals surface area (Å²) in [5.74, 6) is 0.648. The van der Waals surface area contributed by atoms with Crippen LogP contribution in [0.15, 0.2) is 0 Å². The summed E-state index contributed by atoms with van der Waals surface area (Å²) in [7, 11) is 0. The van der Waals surface area contributed by atoms with Crippen LogP contribution >= 0.6 is 0 Å². The molecule has 0 aliphatic rings. The van der Waals surface area contributed by atoms with Gasteiger partial charge in [0.05, 0.1) is 0 Å². The Morgan fingerprint density at radius 2 is 1.93 bits per heavy atom. The molecule has 0 aromatic carbocycles. The van der Waals surface area contributed by atoms with E-state index in [0.717, 1.165) is 6.42 Å². The number of hydrogen-bond acceptors (Lipinski definition) is 2. The molecule has 0 saturated heterocycles. The molecule has 2 N–H and O–H groups in total. The molecule has 3 nitrogen and oxygen atoms in total. The fourth-order valence-corrected chi connectivity index (χ4v) is 1.07. The van der Waals surface area contributed by atoms with Gasteiger partial charge in [0, 0.05) is 19.1 Å². The quantitative estimate of drug-likeness (QED) is 0.685. The molecule has 3 heteroatoms. The molecule has 3 atom stereocenters. The van der Waals surface area contributed by atoms with E-state index < -0.39 is 0 Å². The van der Waals surface area contributed by atoms with Crippen LogP contribution in [0, 0.1) is 11.8 Å². The predicted molar refractivity (Wildman–Crippen MR) is 57.9 cm³/mol. The van der Waals surface area contributed by atoms with E-state index in [0.29, 0.717) is 12.3 Å². The van der Waals surface area contributed by atoms with Crippen molar-refractivity contribution in [2.24, 2.45) is 11.8 Å². The molecule has 0 aromatic rings. The highest BCUT2D eigenvalue weighted by Gasteiger charge is 2.14. The van der Waals surface area contributed by atoms with Gasteiger partial charge in [-0.2, -0.15) is 0 Å². The molecule has 0 aliphatic heterocycles. The molecule has 0 spiro atoms. The van der Waals surface area contributed by atoms with Crippen molar-refractivity contribution in [1.29, 1.82) is 0 Å². The molecule has 3 unspecified atom stereocenters. The number of nitrogens with one attached hydrogen (secondary N) is 1. The lowest BCUT2D eigenvalue weighted by Gasteiger charge is -2.20. The Labute approximate surface area is 86.9 Å². The number of aliphatic hydroxyl groups excluding tert-OH is 1. The number of aliphatic hydroxyl groups is 1. The summed E-state index contributed by atoms with van der Waals surface area (Å²) >= 11 is 0. The Morgan fingerprint density at radius 3 is 2.36 bits per heavy atom. The topological polar surface area (TPSA) is 49.3 Å². The first kappa shape index (κ1) is 13.4. The first-order chi connectivity index (χ1) is 6.51. The Bertz CT molecular complexity index is 171. The van der Waals surface area contributed by atoms with E-state index in [1.54, 1.807) is 0 Å². The molecule has 0 radical (unpaired) electrons. The van der Waals surface area contributed by atoms with Crippen molar-refractivity contribution in [2.45, 2.75) is 46.6 Å². The van der Waals surface area contributed by atoms with Crippen molar-refractivity contribution in [1.82, 2.24) is 5.32 Å². The molecule has 0 bridgehead atoms. The Balaban J connectivity index is 3.82. The van der Waals surface area contributed by atoms with Gasteiger partial charge in [-0.3, -0.25) is 4.79 Å². The van der Waals surface area contributed by atoms with Gasteiger partial charge < -0.3 is 10.4 Å². The van der Waals surface area contributed by atoms with Crippen LogP contribution in [0.2, 0.25) is 0 Å². The Morgan fingerprint density at radius 1 is 1.36 bits per heavy atom. The van der Waals surface area contributed by atoms with Crippen molar-refractivity contribution in [3.8, 4) is 0 Å². The van der Waals surface area contributed by atoms with Crippen LogP contribution in [-0.2, 0) is 4.79 Å². The Kier molecular flexibility index (Phi) is 6.54. The fraction of sp³-hybridized carbons (Fsp3) is 0.909. The van der Waals surface area contributed by atoms with Crippen LogP contribution in [0.3, 0.4) is 0 Å². The van der Waals surface area contributed by atoms with Gasteiger partial charge in [0.1, 0.15) is 0 Å². The predicted octanol–water partition coefficient (Wildman–Crippen LogP) is 1.56. The average Bonchev–Trinajstić information content (AvgIpc) is 2.15. The molecule has 0 rings (SSSR count). The van der Waals surface area contributed by atoms with E-state index in [-0.39, 0.29) is 24.5 Å². The van der Waals surface area contributed by atoms with Crippen LogP contribution in [0.5, 0.6) is 0 Å². The van der Waals surface area contributed by atoms with Gasteiger partial charge in [-0.15, -0.1) is 0 Å². The molecule has 0 aromatic heterocycles. The SMILES string of the molecule is CCC(C)CC(=O)NC(C)C(C)CO. The third-order valence-corrected chi connectivity index (χ3v) is 2.76. The number of carbonyl (C=O) groups is 1. The van der Waals surface area contributed by atoms with E-state index in [1.807, 2.05) is 13.8 Å². The number of amides is 1. The van der Waals surface area contributed by atoms with Crippen LogP contribution in [-0.4, -0.2) is 23.7 Å². The monoisotopic (exact) mass is 201 g/mol. The molecule has 1 amide bonds. The minimum absolute atomic E-state index is 0.0524. The maximum atomic E-state index is 11.5. The zero-order valence-corrected chi connectivity index (χ0v) is 9.71. The summed E-state index contributed by atoms with van der Waals surface area (Å²) in [5.41, 5.74) is 0. The second kappa shape index (κ2) is 6.82. The summed E-state index contributed by atoms with van der Waals surface area (Å²) in [6.07, 6.45) is 1.61. The van der Waals surface area contributed by atoms with Gasteiger partial charge in [0.2, 0.25) is 5.91 Å². The van der Waals surface area contributed by atoms with Gasteiger partial charge in [-0.25, -0.2) is 0 Å². The lowest BCUT2D eigenvalue weighted by atomic mass is 10.0.